The highest BCUT2D eigenvalue weighted by Gasteiger charge is 2.17. The van der Waals surface area contributed by atoms with Crippen LogP contribution in [0.1, 0.15) is 48.7 Å². The van der Waals surface area contributed by atoms with Crippen LogP contribution in [0.4, 0.5) is 0 Å². The first kappa shape index (κ1) is 22.5. The van der Waals surface area contributed by atoms with Gasteiger partial charge in [0, 0.05) is 17.7 Å². The van der Waals surface area contributed by atoms with Crippen LogP contribution in [0.25, 0.3) is 16.6 Å². The van der Waals surface area contributed by atoms with E-state index in [0.717, 1.165) is 46.3 Å². The predicted octanol–water partition coefficient (Wildman–Crippen LogP) is 3.53. The Morgan fingerprint density at radius 3 is 2.68 bits per heavy atom. The summed E-state index contributed by atoms with van der Waals surface area (Å²) in [6.45, 7) is 4.06. The molecule has 3 aromatic rings. The number of fused-ring (bicyclic) bond motifs is 1. The minimum absolute atomic E-state index is 0.145. The molecule has 2 heterocycles. The van der Waals surface area contributed by atoms with Crippen molar-refractivity contribution in [2.75, 3.05) is 6.26 Å². The minimum Gasteiger partial charge on any atom is -0.274 e. The first-order valence-corrected chi connectivity index (χ1v) is 12.1. The van der Waals surface area contributed by atoms with Gasteiger partial charge in [0.05, 0.1) is 29.1 Å². The van der Waals surface area contributed by atoms with E-state index in [1.54, 1.807) is 6.07 Å². The zero-order valence-electron chi connectivity index (χ0n) is 18.0. The van der Waals surface area contributed by atoms with Crippen LogP contribution >= 0.6 is 0 Å². The summed E-state index contributed by atoms with van der Waals surface area (Å²) in [7, 11) is -3.53. The van der Waals surface area contributed by atoms with Crippen LogP contribution in [0, 0.1) is 18.3 Å². The summed E-state index contributed by atoms with van der Waals surface area (Å²) in [6.07, 6.45) is 3.94. The first-order chi connectivity index (χ1) is 14.7. The largest absolute Gasteiger partial charge is 0.274 e. The van der Waals surface area contributed by atoms with E-state index in [-0.39, 0.29) is 6.42 Å². The van der Waals surface area contributed by atoms with Gasteiger partial charge in [0.15, 0.2) is 0 Å². The van der Waals surface area contributed by atoms with Crippen molar-refractivity contribution in [3.8, 4) is 17.2 Å². The molecule has 0 saturated carbocycles. The number of aromatic nitrogens is 2. The lowest BCUT2D eigenvalue weighted by Gasteiger charge is -2.16. The van der Waals surface area contributed by atoms with Gasteiger partial charge in [-0.3, -0.25) is 9.52 Å². The molecule has 31 heavy (non-hydrogen) atoms. The number of unbranched alkanes of at least 4 members (excludes halogenated alkanes) is 1. The predicted molar refractivity (Wildman–Crippen MR) is 120 cm³/mol. The molecule has 0 bridgehead atoms. The lowest BCUT2D eigenvalue weighted by molar-refractivity contribution is -0.119. The number of hydrogen-bond acceptors (Lipinski definition) is 5. The quantitative estimate of drug-likeness (QED) is 0.542. The summed E-state index contributed by atoms with van der Waals surface area (Å²) in [6, 6.07) is 13.9. The molecular formula is C23H26N4O3S. The Balaban J connectivity index is 1.94. The molecule has 0 unspecified atom stereocenters. The van der Waals surface area contributed by atoms with Gasteiger partial charge in [-0.25, -0.2) is 12.9 Å². The number of sulfonamides is 1. The number of carbonyl (C=O) groups is 1. The van der Waals surface area contributed by atoms with Crippen LogP contribution in [0.3, 0.4) is 0 Å². The normalized spacial score (nSPS) is 11.4. The molecule has 0 aliphatic rings. The zero-order chi connectivity index (χ0) is 22.6. The fourth-order valence-corrected chi connectivity index (χ4v) is 4.32. The molecule has 0 saturated heterocycles. The van der Waals surface area contributed by atoms with Crippen molar-refractivity contribution >= 4 is 21.4 Å². The van der Waals surface area contributed by atoms with Gasteiger partial charge >= 0.3 is 0 Å². The molecular weight excluding hydrogens is 412 g/mol. The summed E-state index contributed by atoms with van der Waals surface area (Å²) in [5.41, 5.74) is 6.67. The third-order valence-electron chi connectivity index (χ3n) is 5.20. The number of nitrogens with one attached hydrogen (secondary N) is 1. The van der Waals surface area contributed by atoms with Crippen LogP contribution in [0.15, 0.2) is 36.4 Å². The topological polar surface area (TPSA) is 104 Å². The van der Waals surface area contributed by atoms with Crippen molar-refractivity contribution in [3.63, 3.8) is 0 Å². The summed E-state index contributed by atoms with van der Waals surface area (Å²) in [4.78, 5) is 11.8. The Bertz CT molecular complexity index is 1270. The van der Waals surface area contributed by atoms with Crippen LogP contribution < -0.4 is 4.72 Å². The number of aryl methyl sites for hydroxylation is 2. The van der Waals surface area contributed by atoms with Crippen LogP contribution in [-0.2, 0) is 27.7 Å². The second-order valence-electron chi connectivity index (χ2n) is 7.61. The smallest absolute Gasteiger partial charge is 0.233 e. The highest BCUT2D eigenvalue weighted by Crippen LogP contribution is 2.33. The van der Waals surface area contributed by atoms with E-state index in [2.05, 4.69) is 25.1 Å². The van der Waals surface area contributed by atoms with E-state index in [9.17, 15) is 18.5 Å². The highest BCUT2D eigenvalue weighted by atomic mass is 32.2. The molecule has 8 heteroatoms. The maximum absolute atomic E-state index is 11.8. The fourth-order valence-electron chi connectivity index (χ4n) is 3.81. The van der Waals surface area contributed by atoms with E-state index < -0.39 is 15.9 Å². The maximum atomic E-state index is 11.8. The second kappa shape index (κ2) is 9.31. The van der Waals surface area contributed by atoms with E-state index >= 15 is 0 Å². The summed E-state index contributed by atoms with van der Waals surface area (Å²) >= 11 is 0. The lowest BCUT2D eigenvalue weighted by atomic mass is 9.94. The molecule has 0 spiro atoms. The Morgan fingerprint density at radius 1 is 1.23 bits per heavy atom. The van der Waals surface area contributed by atoms with Gasteiger partial charge in [-0.15, -0.1) is 0 Å². The van der Waals surface area contributed by atoms with Crippen molar-refractivity contribution < 1.29 is 13.2 Å². The van der Waals surface area contributed by atoms with Crippen LogP contribution in [0.2, 0.25) is 0 Å². The lowest BCUT2D eigenvalue weighted by Crippen LogP contribution is -2.28. The van der Waals surface area contributed by atoms with Gasteiger partial charge in [-0.05, 0) is 68.0 Å². The molecule has 0 aliphatic heterocycles. The molecule has 162 valence electrons. The van der Waals surface area contributed by atoms with Crippen molar-refractivity contribution in [2.45, 2.75) is 46.0 Å². The van der Waals surface area contributed by atoms with E-state index in [0.29, 0.717) is 24.8 Å². The number of nitriles is 1. The standard InChI is InChI=1S/C23H26N4O3S/c1-4-19-12-13-21-23(18-9-7-8-17(14-18)15-24)20(16(2)25-27(19)21)10-5-6-11-22(28)26-31(3,29)30/h7-9,12-14H,4-6,10-11H2,1-3H3,(H,26,28). The van der Waals surface area contributed by atoms with Gasteiger partial charge in [0.2, 0.25) is 15.9 Å². The van der Waals surface area contributed by atoms with Gasteiger partial charge in [-0.2, -0.15) is 10.4 Å². The Morgan fingerprint density at radius 2 is 2.00 bits per heavy atom. The monoisotopic (exact) mass is 438 g/mol. The fraction of sp³-hybridized carbons (Fsp3) is 0.348. The molecule has 0 fully saturated rings. The van der Waals surface area contributed by atoms with E-state index in [1.807, 2.05) is 34.4 Å². The average Bonchev–Trinajstić information content (AvgIpc) is 3.12. The summed E-state index contributed by atoms with van der Waals surface area (Å²) in [5, 5.41) is 14.1. The van der Waals surface area contributed by atoms with Gasteiger partial charge in [0.1, 0.15) is 0 Å². The Kier molecular flexibility index (Phi) is 6.76. The average molecular weight is 439 g/mol. The molecule has 2 aromatic heterocycles. The van der Waals surface area contributed by atoms with Crippen molar-refractivity contribution in [1.82, 2.24) is 14.3 Å². The van der Waals surface area contributed by atoms with E-state index in [4.69, 9.17) is 5.10 Å². The van der Waals surface area contributed by atoms with Gasteiger partial charge < -0.3 is 0 Å². The van der Waals surface area contributed by atoms with Crippen molar-refractivity contribution in [3.05, 3.63) is 58.9 Å². The SMILES string of the molecule is CCc1ccc2c(-c3cccc(C#N)c3)c(CCCCC(=O)NS(C)(=O)=O)c(C)nn12. The molecule has 1 N–H and O–H groups in total. The zero-order valence-corrected chi connectivity index (χ0v) is 18.8. The molecule has 0 radical (unpaired) electrons. The summed E-state index contributed by atoms with van der Waals surface area (Å²) in [5.74, 6) is -0.492. The van der Waals surface area contributed by atoms with Crippen molar-refractivity contribution in [1.29, 1.82) is 5.26 Å². The second-order valence-corrected chi connectivity index (χ2v) is 9.36. The minimum atomic E-state index is -3.53. The van der Waals surface area contributed by atoms with Crippen LogP contribution in [-0.4, -0.2) is 30.2 Å². The maximum Gasteiger partial charge on any atom is 0.233 e. The van der Waals surface area contributed by atoms with Crippen LogP contribution in [0.5, 0.6) is 0 Å². The number of rotatable bonds is 8. The summed E-state index contributed by atoms with van der Waals surface area (Å²) < 4.78 is 26.3. The van der Waals surface area contributed by atoms with E-state index in [1.165, 1.54) is 0 Å². The van der Waals surface area contributed by atoms with Gasteiger partial charge in [0.25, 0.3) is 0 Å². The number of benzene rings is 1. The van der Waals surface area contributed by atoms with Crippen molar-refractivity contribution in [2.24, 2.45) is 0 Å². The Hall–Kier alpha value is -3.18. The third kappa shape index (κ3) is 5.30. The number of amides is 1. The molecule has 0 aliphatic carbocycles. The molecule has 7 nitrogen and oxygen atoms in total. The molecule has 1 aromatic carbocycles. The number of nitrogens with zero attached hydrogens (tertiary/aromatic N) is 3. The highest BCUT2D eigenvalue weighted by molar-refractivity contribution is 7.89. The third-order valence-corrected chi connectivity index (χ3v) is 5.80. The first-order valence-electron chi connectivity index (χ1n) is 10.2. The van der Waals surface area contributed by atoms with Gasteiger partial charge in [-0.1, -0.05) is 19.1 Å². The number of hydrogen-bond donors (Lipinski definition) is 1. The Labute approximate surface area is 182 Å². The molecule has 0 atom stereocenters. The molecule has 1 amide bonds. The molecule has 3 rings (SSSR count). The number of carbonyl (C=O) groups excluding carboxylic acids is 1.